The number of methoxy groups -OCH3 is 2. The van der Waals surface area contributed by atoms with Crippen LogP contribution in [-0.4, -0.2) is 14.2 Å². The summed E-state index contributed by atoms with van der Waals surface area (Å²) in [6, 6.07) is 0. The maximum Gasteiger partial charge on any atom is 0.196 e. The fourth-order valence-corrected chi connectivity index (χ4v) is 0.328. The van der Waals surface area contributed by atoms with Gasteiger partial charge < -0.3 is 9.47 Å². The molecule has 0 fully saturated rings. The Bertz CT molecular complexity index is 70.1. The topological polar surface area (TPSA) is 18.5 Å². The van der Waals surface area contributed by atoms with Crippen LogP contribution in [0.2, 0.25) is 0 Å². The summed E-state index contributed by atoms with van der Waals surface area (Å²) < 4.78 is 9.80. The van der Waals surface area contributed by atoms with E-state index in [4.69, 9.17) is 0 Å². The lowest BCUT2D eigenvalue weighted by molar-refractivity contribution is 0.277. The third kappa shape index (κ3) is 3.66. The van der Waals surface area contributed by atoms with Gasteiger partial charge in [0.1, 0.15) is 6.26 Å². The fraction of sp³-hybridized carbons (Fsp3) is 0.500. The van der Waals surface area contributed by atoms with Crippen molar-refractivity contribution < 1.29 is 9.47 Å². The Balaban J connectivity index is 3.29. The van der Waals surface area contributed by atoms with Crippen molar-refractivity contribution in [3.8, 4) is 0 Å². The Kier molecular flexibility index (Phi) is 3.89. The van der Waals surface area contributed by atoms with Crippen molar-refractivity contribution in [3.63, 3.8) is 0 Å². The van der Waals surface area contributed by atoms with Crippen molar-refractivity contribution in [1.82, 2.24) is 0 Å². The molecule has 0 aromatic rings. The van der Waals surface area contributed by atoms with E-state index in [2.05, 4.69) is 25.4 Å². The number of hydrogen-bond acceptors (Lipinski definition) is 2. The lowest BCUT2D eigenvalue weighted by Crippen LogP contribution is -1.74. The molecule has 3 heteroatoms. The minimum Gasteiger partial charge on any atom is -0.500 e. The zero-order valence-corrected chi connectivity index (χ0v) is 5.86. The second-order valence-electron chi connectivity index (χ2n) is 0.862. The molecule has 0 aliphatic heterocycles. The minimum atomic E-state index is 0.593. The molecular formula is C4H7BrO2. The molecule has 0 radical (unpaired) electrons. The normalized spacial score (nSPS) is 11.0. The monoisotopic (exact) mass is 166 g/mol. The molecule has 0 saturated carbocycles. The van der Waals surface area contributed by atoms with Gasteiger partial charge in [-0.15, -0.1) is 0 Å². The second-order valence-corrected chi connectivity index (χ2v) is 1.64. The van der Waals surface area contributed by atoms with E-state index in [1.165, 1.54) is 6.26 Å². The third-order valence-electron chi connectivity index (χ3n) is 0.406. The van der Waals surface area contributed by atoms with E-state index in [-0.39, 0.29) is 0 Å². The van der Waals surface area contributed by atoms with Crippen LogP contribution in [0.4, 0.5) is 0 Å². The summed E-state index contributed by atoms with van der Waals surface area (Å²) in [5.41, 5.74) is 0. The van der Waals surface area contributed by atoms with Crippen LogP contribution in [0.25, 0.3) is 0 Å². The van der Waals surface area contributed by atoms with Crippen LogP contribution < -0.4 is 0 Å². The molecule has 0 spiro atoms. The summed E-state index contributed by atoms with van der Waals surface area (Å²) in [6.45, 7) is 0. The highest BCUT2D eigenvalue weighted by Crippen LogP contribution is 2.02. The van der Waals surface area contributed by atoms with Gasteiger partial charge in [-0.2, -0.15) is 0 Å². The van der Waals surface area contributed by atoms with Crippen LogP contribution in [0.15, 0.2) is 10.9 Å². The quantitative estimate of drug-likeness (QED) is 0.579. The first-order valence-corrected chi connectivity index (χ1v) is 2.53. The van der Waals surface area contributed by atoms with Crippen LogP contribution in [0, 0.1) is 0 Å². The van der Waals surface area contributed by atoms with Crippen molar-refractivity contribution >= 4 is 15.9 Å². The van der Waals surface area contributed by atoms with Gasteiger partial charge in [-0.05, 0) is 15.9 Å². The molecule has 0 unspecified atom stereocenters. The second kappa shape index (κ2) is 3.99. The van der Waals surface area contributed by atoms with Gasteiger partial charge in [0.2, 0.25) is 0 Å². The van der Waals surface area contributed by atoms with E-state index in [1.807, 2.05) is 0 Å². The first kappa shape index (κ1) is 6.82. The molecule has 7 heavy (non-hydrogen) atoms. The minimum absolute atomic E-state index is 0.593. The molecule has 0 aromatic heterocycles. The Morgan fingerprint density at radius 3 is 2.29 bits per heavy atom. The average Bonchev–Trinajstić information content (AvgIpc) is 1.68. The first-order chi connectivity index (χ1) is 3.31. The summed E-state index contributed by atoms with van der Waals surface area (Å²) in [6.07, 6.45) is 1.46. The number of hydrogen-bond donors (Lipinski definition) is 0. The van der Waals surface area contributed by atoms with Gasteiger partial charge in [-0.3, -0.25) is 0 Å². The van der Waals surface area contributed by atoms with E-state index >= 15 is 0 Å². The lowest BCUT2D eigenvalue weighted by Gasteiger charge is -1.92. The summed E-state index contributed by atoms with van der Waals surface area (Å²) in [5.74, 6) is 0. The maximum absolute atomic E-state index is 4.64. The first-order valence-electron chi connectivity index (χ1n) is 1.73. The molecule has 0 aliphatic carbocycles. The molecular weight excluding hydrogens is 160 g/mol. The molecule has 0 amide bonds. The highest BCUT2D eigenvalue weighted by molar-refractivity contribution is 9.11. The molecule has 2 nitrogen and oxygen atoms in total. The van der Waals surface area contributed by atoms with Crippen LogP contribution in [0.1, 0.15) is 0 Å². The van der Waals surface area contributed by atoms with Crippen LogP contribution >= 0.6 is 15.9 Å². The van der Waals surface area contributed by atoms with Gasteiger partial charge >= 0.3 is 0 Å². The van der Waals surface area contributed by atoms with E-state index in [1.54, 1.807) is 14.2 Å². The van der Waals surface area contributed by atoms with Gasteiger partial charge in [0.15, 0.2) is 4.67 Å². The molecule has 0 aliphatic rings. The molecule has 0 atom stereocenters. The fourth-order valence-electron chi connectivity index (χ4n) is 0.141. The van der Waals surface area contributed by atoms with Crippen molar-refractivity contribution in [2.45, 2.75) is 0 Å². The molecule has 0 heterocycles. The average molecular weight is 167 g/mol. The molecule has 42 valence electrons. The Labute approximate surface area is 51.2 Å². The van der Waals surface area contributed by atoms with E-state index < -0.39 is 0 Å². The van der Waals surface area contributed by atoms with E-state index in [0.717, 1.165) is 0 Å². The van der Waals surface area contributed by atoms with Gasteiger partial charge in [0, 0.05) is 0 Å². The van der Waals surface area contributed by atoms with Crippen LogP contribution in [-0.2, 0) is 9.47 Å². The van der Waals surface area contributed by atoms with Crippen molar-refractivity contribution in [3.05, 3.63) is 10.9 Å². The molecule has 0 rings (SSSR count). The van der Waals surface area contributed by atoms with Crippen molar-refractivity contribution in [2.75, 3.05) is 14.2 Å². The smallest absolute Gasteiger partial charge is 0.196 e. The van der Waals surface area contributed by atoms with Crippen molar-refractivity contribution in [2.24, 2.45) is 0 Å². The summed E-state index contributed by atoms with van der Waals surface area (Å²) in [4.78, 5) is 0. The standard InChI is InChI=1S/C4H7BrO2/c1-6-3-4(5)7-2/h3H,1-2H3. The van der Waals surface area contributed by atoms with E-state index in [9.17, 15) is 0 Å². The molecule has 0 saturated heterocycles. The Morgan fingerprint density at radius 2 is 2.14 bits per heavy atom. The van der Waals surface area contributed by atoms with Crippen LogP contribution in [0.3, 0.4) is 0 Å². The molecule has 0 aromatic carbocycles. The van der Waals surface area contributed by atoms with Crippen molar-refractivity contribution in [1.29, 1.82) is 0 Å². The van der Waals surface area contributed by atoms with Gasteiger partial charge in [-0.25, -0.2) is 0 Å². The predicted octanol–water partition coefficient (Wildman–Crippen LogP) is 1.47. The highest BCUT2D eigenvalue weighted by Gasteiger charge is 1.80. The maximum atomic E-state index is 4.64. The van der Waals surface area contributed by atoms with Gasteiger partial charge in [-0.1, -0.05) is 0 Å². The van der Waals surface area contributed by atoms with E-state index in [0.29, 0.717) is 4.67 Å². The number of ether oxygens (including phenoxy) is 2. The summed E-state index contributed by atoms with van der Waals surface area (Å²) in [5, 5.41) is 0. The SMILES string of the molecule is COC=C(Br)OC. The van der Waals surface area contributed by atoms with Gasteiger partial charge in [0.05, 0.1) is 14.2 Å². The summed E-state index contributed by atoms with van der Waals surface area (Å²) >= 11 is 3.05. The third-order valence-corrected chi connectivity index (χ3v) is 0.916. The zero-order chi connectivity index (χ0) is 5.70. The Hall–Kier alpha value is -0.180. The summed E-state index contributed by atoms with van der Waals surface area (Å²) in [7, 11) is 3.11. The van der Waals surface area contributed by atoms with Gasteiger partial charge in [0.25, 0.3) is 0 Å². The molecule has 0 bridgehead atoms. The zero-order valence-electron chi connectivity index (χ0n) is 4.27. The highest BCUT2D eigenvalue weighted by atomic mass is 79.9. The Morgan fingerprint density at radius 1 is 1.57 bits per heavy atom. The molecule has 0 N–H and O–H groups in total. The largest absolute Gasteiger partial charge is 0.500 e. The van der Waals surface area contributed by atoms with Crippen LogP contribution in [0.5, 0.6) is 0 Å². The number of rotatable bonds is 2. The number of halogens is 1. The predicted molar refractivity (Wildman–Crippen MR) is 31.0 cm³/mol. The lowest BCUT2D eigenvalue weighted by atomic mass is 11.0.